The number of amides is 3. The Bertz CT molecular complexity index is 872. The molecule has 154 valence electrons. The van der Waals surface area contributed by atoms with Crippen molar-refractivity contribution in [1.29, 1.82) is 0 Å². The number of ether oxygens (including phenoxy) is 1. The van der Waals surface area contributed by atoms with Gasteiger partial charge < -0.3 is 15.0 Å². The summed E-state index contributed by atoms with van der Waals surface area (Å²) in [5.74, 6) is -0.605. The molecule has 2 aliphatic heterocycles. The van der Waals surface area contributed by atoms with Crippen LogP contribution in [0.2, 0.25) is 0 Å². The van der Waals surface area contributed by atoms with Crippen molar-refractivity contribution >= 4 is 35.6 Å². The Morgan fingerprint density at radius 1 is 1.31 bits per heavy atom. The molecule has 1 aromatic rings. The molecule has 1 aromatic carbocycles. The molecule has 1 saturated heterocycles. The summed E-state index contributed by atoms with van der Waals surface area (Å²) in [6.45, 7) is 2.65. The summed E-state index contributed by atoms with van der Waals surface area (Å²) in [7, 11) is 0. The van der Waals surface area contributed by atoms with E-state index in [0.717, 1.165) is 12.8 Å². The maximum Gasteiger partial charge on any atom is 0.414 e. The molecule has 9 nitrogen and oxygen atoms in total. The van der Waals surface area contributed by atoms with Crippen LogP contribution in [0.25, 0.3) is 0 Å². The Kier molecular flexibility index (Phi) is 5.08. The van der Waals surface area contributed by atoms with Crippen LogP contribution in [-0.2, 0) is 14.3 Å². The second kappa shape index (κ2) is 7.69. The van der Waals surface area contributed by atoms with E-state index < -0.39 is 18.0 Å². The molecule has 29 heavy (non-hydrogen) atoms. The first-order valence-electron chi connectivity index (χ1n) is 9.56. The van der Waals surface area contributed by atoms with Gasteiger partial charge in [-0.1, -0.05) is 0 Å². The predicted molar refractivity (Wildman–Crippen MR) is 103 cm³/mol. The Balaban J connectivity index is 1.42. The average Bonchev–Trinajstić information content (AvgIpc) is 3.48. The highest BCUT2D eigenvalue weighted by Crippen LogP contribution is 2.32. The van der Waals surface area contributed by atoms with E-state index in [4.69, 9.17) is 4.74 Å². The number of hydrogen-bond donors (Lipinski definition) is 1. The maximum atomic E-state index is 14.7. The minimum absolute atomic E-state index is 0.0260. The summed E-state index contributed by atoms with van der Waals surface area (Å²) in [6.07, 6.45) is 2.21. The van der Waals surface area contributed by atoms with Gasteiger partial charge in [0.15, 0.2) is 0 Å². The van der Waals surface area contributed by atoms with E-state index in [1.807, 2.05) is 0 Å². The van der Waals surface area contributed by atoms with Gasteiger partial charge in [0.25, 0.3) is 0 Å². The molecule has 4 rings (SSSR count). The number of halogens is 1. The SMILES string of the molecule is CC(=O)NC[C@H]1CN(c2ccc(N3C=NN(C(=O)C4CC4)CC3)c(F)c2)C(=O)O1. The third-order valence-corrected chi connectivity index (χ3v) is 5.07. The van der Waals surface area contributed by atoms with Crippen LogP contribution in [0.1, 0.15) is 19.8 Å². The fourth-order valence-corrected chi connectivity index (χ4v) is 3.33. The zero-order chi connectivity index (χ0) is 20.5. The van der Waals surface area contributed by atoms with Crippen LogP contribution in [0, 0.1) is 11.7 Å². The Hall–Kier alpha value is -3.17. The van der Waals surface area contributed by atoms with Gasteiger partial charge in [0.1, 0.15) is 18.3 Å². The molecule has 2 heterocycles. The normalized spacial score (nSPS) is 21.4. The van der Waals surface area contributed by atoms with Crippen LogP contribution in [-0.4, -0.2) is 61.5 Å². The van der Waals surface area contributed by atoms with Gasteiger partial charge in [-0.25, -0.2) is 14.2 Å². The van der Waals surface area contributed by atoms with E-state index in [2.05, 4.69) is 10.4 Å². The van der Waals surface area contributed by atoms with E-state index in [1.54, 1.807) is 17.0 Å². The molecule has 0 radical (unpaired) electrons. The van der Waals surface area contributed by atoms with Gasteiger partial charge in [-0.05, 0) is 31.0 Å². The molecule has 3 amide bonds. The summed E-state index contributed by atoms with van der Waals surface area (Å²) in [5, 5.41) is 8.19. The second-order valence-corrected chi connectivity index (χ2v) is 7.35. The van der Waals surface area contributed by atoms with Crippen LogP contribution >= 0.6 is 0 Å². The van der Waals surface area contributed by atoms with E-state index in [9.17, 15) is 18.8 Å². The summed E-state index contributed by atoms with van der Waals surface area (Å²) in [5.41, 5.74) is 0.694. The van der Waals surface area contributed by atoms with Crippen LogP contribution in [0.5, 0.6) is 0 Å². The van der Waals surface area contributed by atoms with Gasteiger partial charge in [-0.2, -0.15) is 5.10 Å². The molecule has 2 fully saturated rings. The molecule has 3 aliphatic rings. The lowest BCUT2D eigenvalue weighted by Crippen LogP contribution is -2.41. The van der Waals surface area contributed by atoms with Crippen LogP contribution < -0.4 is 15.1 Å². The summed E-state index contributed by atoms with van der Waals surface area (Å²) in [6, 6.07) is 4.48. The number of nitrogens with one attached hydrogen (secondary N) is 1. The number of anilines is 2. The van der Waals surface area contributed by atoms with Gasteiger partial charge in [-0.15, -0.1) is 0 Å². The number of benzene rings is 1. The van der Waals surface area contributed by atoms with Crippen molar-refractivity contribution < 1.29 is 23.5 Å². The molecule has 0 spiro atoms. The lowest BCUT2D eigenvalue weighted by Gasteiger charge is -2.29. The number of nitrogens with zero attached hydrogens (tertiary/aromatic N) is 4. The van der Waals surface area contributed by atoms with E-state index >= 15 is 0 Å². The molecule has 1 saturated carbocycles. The van der Waals surface area contributed by atoms with E-state index in [1.165, 1.54) is 29.2 Å². The molecule has 0 unspecified atom stereocenters. The number of rotatable bonds is 5. The quantitative estimate of drug-likeness (QED) is 0.800. The summed E-state index contributed by atoms with van der Waals surface area (Å²) >= 11 is 0. The molecular weight excluding hydrogens is 381 g/mol. The number of carbonyl (C=O) groups is 3. The topological polar surface area (TPSA) is 94.5 Å². The van der Waals surface area contributed by atoms with Crippen molar-refractivity contribution in [3.63, 3.8) is 0 Å². The largest absolute Gasteiger partial charge is 0.442 e. The molecule has 1 aliphatic carbocycles. The summed E-state index contributed by atoms with van der Waals surface area (Å²) in [4.78, 5) is 38.1. The Morgan fingerprint density at radius 3 is 2.72 bits per heavy atom. The number of cyclic esters (lactones) is 1. The number of hydrazone groups is 1. The second-order valence-electron chi connectivity index (χ2n) is 7.35. The zero-order valence-corrected chi connectivity index (χ0v) is 16.0. The molecule has 0 aromatic heterocycles. The third kappa shape index (κ3) is 4.15. The van der Waals surface area contributed by atoms with Crippen molar-refractivity contribution in [1.82, 2.24) is 10.3 Å². The zero-order valence-electron chi connectivity index (χ0n) is 16.0. The number of carbonyl (C=O) groups excluding carboxylic acids is 3. The van der Waals surface area contributed by atoms with Gasteiger partial charge in [0.2, 0.25) is 11.8 Å². The standard InChI is InChI=1S/C19H22FN5O4/c1-12(26)21-9-15-10-24(19(28)29-15)14-4-5-17(16(20)8-14)23-6-7-25(22-11-23)18(27)13-2-3-13/h4-5,8,11,13,15H,2-3,6-7,9-10H2,1H3,(H,21,26)/t15-/m0/s1. The molecule has 10 heteroatoms. The smallest absolute Gasteiger partial charge is 0.414 e. The minimum atomic E-state index is -0.582. The first kappa shape index (κ1) is 19.2. The molecule has 0 bridgehead atoms. The fraction of sp³-hybridized carbons (Fsp3) is 0.474. The highest BCUT2D eigenvalue weighted by atomic mass is 19.1. The first-order chi connectivity index (χ1) is 13.9. The monoisotopic (exact) mass is 403 g/mol. The third-order valence-electron chi connectivity index (χ3n) is 5.07. The average molecular weight is 403 g/mol. The maximum absolute atomic E-state index is 14.7. The van der Waals surface area contributed by atoms with Gasteiger partial charge in [0, 0.05) is 19.4 Å². The summed E-state index contributed by atoms with van der Waals surface area (Å²) < 4.78 is 19.9. The van der Waals surface area contributed by atoms with Crippen molar-refractivity contribution in [2.45, 2.75) is 25.9 Å². The van der Waals surface area contributed by atoms with Gasteiger partial charge >= 0.3 is 6.09 Å². The molecule has 1 atom stereocenters. The lowest BCUT2D eigenvalue weighted by molar-refractivity contribution is -0.132. The van der Waals surface area contributed by atoms with Crippen molar-refractivity contribution in [2.75, 3.05) is 36.0 Å². The van der Waals surface area contributed by atoms with Crippen LogP contribution in [0.3, 0.4) is 0 Å². The lowest BCUT2D eigenvalue weighted by atomic mass is 10.2. The first-order valence-corrected chi connectivity index (χ1v) is 9.56. The van der Waals surface area contributed by atoms with E-state index in [0.29, 0.717) is 24.5 Å². The highest BCUT2D eigenvalue weighted by Gasteiger charge is 2.35. The minimum Gasteiger partial charge on any atom is -0.442 e. The van der Waals surface area contributed by atoms with Crippen LogP contribution in [0.4, 0.5) is 20.6 Å². The molecular formula is C19H22FN5O4. The van der Waals surface area contributed by atoms with Crippen molar-refractivity contribution in [3.8, 4) is 0 Å². The Labute approximate surface area is 167 Å². The van der Waals surface area contributed by atoms with Gasteiger partial charge in [-0.3, -0.25) is 14.5 Å². The van der Waals surface area contributed by atoms with Crippen LogP contribution in [0.15, 0.2) is 23.3 Å². The molecule has 1 N–H and O–H groups in total. The van der Waals surface area contributed by atoms with E-state index in [-0.39, 0.29) is 30.8 Å². The Morgan fingerprint density at radius 2 is 2.10 bits per heavy atom. The van der Waals surface area contributed by atoms with Crippen molar-refractivity contribution in [2.24, 2.45) is 11.0 Å². The predicted octanol–water partition coefficient (Wildman–Crippen LogP) is 1.29. The van der Waals surface area contributed by atoms with Crippen molar-refractivity contribution in [3.05, 3.63) is 24.0 Å². The fourth-order valence-electron chi connectivity index (χ4n) is 3.33. The highest BCUT2D eigenvalue weighted by molar-refractivity contribution is 5.91. The number of hydrogen-bond acceptors (Lipinski definition) is 6. The van der Waals surface area contributed by atoms with Gasteiger partial charge in [0.05, 0.1) is 31.0 Å².